The molecule has 0 saturated carbocycles. The maximum Gasteiger partial charge on any atom is 0.323 e. The Hall–Kier alpha value is -2.13. The lowest BCUT2D eigenvalue weighted by atomic mass is 9.98. The van der Waals surface area contributed by atoms with Crippen molar-refractivity contribution in [2.24, 2.45) is 5.92 Å². The van der Waals surface area contributed by atoms with Crippen LogP contribution in [0, 0.1) is 5.92 Å². The Labute approximate surface area is 150 Å². The monoisotopic (exact) mass is 337 g/mol. The van der Waals surface area contributed by atoms with Gasteiger partial charge in [-0.3, -0.25) is 9.69 Å². The Morgan fingerprint density at radius 1 is 1.08 bits per heavy atom. The zero-order valence-corrected chi connectivity index (χ0v) is 15.1. The van der Waals surface area contributed by atoms with Crippen LogP contribution in [0.25, 0.3) is 0 Å². The summed E-state index contributed by atoms with van der Waals surface area (Å²) in [6.07, 6.45) is 1.10. The van der Waals surface area contributed by atoms with Crippen LogP contribution < -0.4 is 0 Å². The molecular weight excluding hydrogens is 310 g/mol. The molecule has 0 aromatic heterocycles. The Kier molecular flexibility index (Phi) is 5.87. The van der Waals surface area contributed by atoms with Crippen LogP contribution in [-0.4, -0.2) is 30.0 Å². The zero-order valence-electron chi connectivity index (χ0n) is 15.1. The van der Waals surface area contributed by atoms with Crippen LogP contribution in [0.1, 0.15) is 37.3 Å². The summed E-state index contributed by atoms with van der Waals surface area (Å²) in [5.74, 6) is 0.634. The molecule has 0 spiro atoms. The molecule has 1 fully saturated rings. The Bertz CT molecular complexity index is 669. The number of benzene rings is 2. The SMILES string of the molecule is CC(C)C(C(=O)OCc1ccccc1)N1CCC(c2ccccc2)C1. The third-order valence-electron chi connectivity index (χ3n) is 4.98. The molecule has 132 valence electrons. The van der Waals surface area contributed by atoms with Gasteiger partial charge in [0, 0.05) is 6.54 Å². The summed E-state index contributed by atoms with van der Waals surface area (Å²) < 4.78 is 5.62. The largest absolute Gasteiger partial charge is 0.460 e. The van der Waals surface area contributed by atoms with Crippen LogP contribution in [-0.2, 0) is 16.1 Å². The molecule has 0 bridgehead atoms. The normalized spacial score (nSPS) is 19.1. The number of carbonyl (C=O) groups is 1. The van der Waals surface area contributed by atoms with Crippen molar-refractivity contribution in [3.63, 3.8) is 0 Å². The van der Waals surface area contributed by atoms with Gasteiger partial charge in [0.2, 0.25) is 0 Å². The van der Waals surface area contributed by atoms with E-state index in [1.807, 2.05) is 36.4 Å². The minimum Gasteiger partial charge on any atom is -0.460 e. The van der Waals surface area contributed by atoms with E-state index in [0.29, 0.717) is 12.5 Å². The highest BCUT2D eigenvalue weighted by atomic mass is 16.5. The fourth-order valence-corrected chi connectivity index (χ4v) is 3.69. The van der Waals surface area contributed by atoms with Gasteiger partial charge in [-0.1, -0.05) is 74.5 Å². The molecular formula is C22H27NO2. The molecule has 1 heterocycles. The lowest BCUT2D eigenvalue weighted by molar-refractivity contribution is -0.152. The van der Waals surface area contributed by atoms with E-state index in [9.17, 15) is 4.79 Å². The minimum atomic E-state index is -0.169. The van der Waals surface area contributed by atoms with Crippen molar-refractivity contribution in [2.75, 3.05) is 13.1 Å². The lowest BCUT2D eigenvalue weighted by Crippen LogP contribution is -2.44. The van der Waals surface area contributed by atoms with Gasteiger partial charge in [0.05, 0.1) is 0 Å². The second kappa shape index (κ2) is 8.30. The first kappa shape index (κ1) is 17.7. The average molecular weight is 337 g/mol. The van der Waals surface area contributed by atoms with Crippen LogP contribution in [0.5, 0.6) is 0 Å². The van der Waals surface area contributed by atoms with Gasteiger partial charge in [-0.15, -0.1) is 0 Å². The van der Waals surface area contributed by atoms with Gasteiger partial charge in [0.25, 0.3) is 0 Å². The van der Waals surface area contributed by atoms with Crippen LogP contribution in [0.2, 0.25) is 0 Å². The number of likely N-dealkylation sites (tertiary alicyclic amines) is 1. The summed E-state index contributed by atoms with van der Waals surface area (Å²) in [4.78, 5) is 15.0. The van der Waals surface area contributed by atoms with Crippen molar-refractivity contribution in [3.05, 3.63) is 71.8 Å². The molecule has 2 unspecified atom stereocenters. The van der Waals surface area contributed by atoms with Crippen LogP contribution in [0.3, 0.4) is 0 Å². The van der Waals surface area contributed by atoms with E-state index in [0.717, 1.165) is 25.1 Å². The van der Waals surface area contributed by atoms with Crippen LogP contribution >= 0.6 is 0 Å². The van der Waals surface area contributed by atoms with Gasteiger partial charge in [0.15, 0.2) is 0 Å². The molecule has 0 aliphatic carbocycles. The third-order valence-corrected chi connectivity index (χ3v) is 4.98. The topological polar surface area (TPSA) is 29.5 Å². The highest BCUT2D eigenvalue weighted by Crippen LogP contribution is 2.30. The molecule has 1 aliphatic rings. The van der Waals surface area contributed by atoms with E-state index in [2.05, 4.69) is 43.0 Å². The number of nitrogens with zero attached hydrogens (tertiary/aromatic N) is 1. The first-order valence-electron chi connectivity index (χ1n) is 9.14. The van der Waals surface area contributed by atoms with E-state index < -0.39 is 0 Å². The molecule has 3 nitrogen and oxygen atoms in total. The summed E-state index contributed by atoms with van der Waals surface area (Å²) in [6.45, 7) is 6.42. The van der Waals surface area contributed by atoms with Crippen molar-refractivity contribution in [2.45, 2.75) is 38.8 Å². The van der Waals surface area contributed by atoms with Crippen molar-refractivity contribution in [3.8, 4) is 0 Å². The maximum atomic E-state index is 12.7. The summed E-state index contributed by atoms with van der Waals surface area (Å²) in [7, 11) is 0. The highest BCUT2D eigenvalue weighted by molar-refractivity contribution is 5.76. The fourth-order valence-electron chi connectivity index (χ4n) is 3.69. The summed E-state index contributed by atoms with van der Waals surface area (Å²) in [6, 6.07) is 20.3. The lowest BCUT2D eigenvalue weighted by Gasteiger charge is -2.29. The molecule has 25 heavy (non-hydrogen) atoms. The molecule has 0 radical (unpaired) electrons. The molecule has 2 aromatic carbocycles. The van der Waals surface area contributed by atoms with Gasteiger partial charge in [-0.05, 0) is 35.9 Å². The Morgan fingerprint density at radius 3 is 2.36 bits per heavy atom. The van der Waals surface area contributed by atoms with Crippen molar-refractivity contribution in [1.29, 1.82) is 0 Å². The number of ether oxygens (including phenoxy) is 1. The summed E-state index contributed by atoms with van der Waals surface area (Å²) in [5.41, 5.74) is 2.40. The van der Waals surface area contributed by atoms with Gasteiger partial charge in [-0.25, -0.2) is 0 Å². The molecule has 1 saturated heterocycles. The minimum absolute atomic E-state index is 0.104. The van der Waals surface area contributed by atoms with Crippen LogP contribution in [0.4, 0.5) is 0 Å². The van der Waals surface area contributed by atoms with Crippen LogP contribution in [0.15, 0.2) is 60.7 Å². The van der Waals surface area contributed by atoms with Gasteiger partial charge in [0.1, 0.15) is 12.6 Å². The molecule has 3 heteroatoms. The Balaban J connectivity index is 1.62. The predicted octanol–water partition coefficient (Wildman–Crippen LogP) is 4.24. The predicted molar refractivity (Wildman–Crippen MR) is 100 cm³/mol. The third kappa shape index (κ3) is 4.49. The van der Waals surface area contributed by atoms with Crippen molar-refractivity contribution >= 4 is 5.97 Å². The standard InChI is InChI=1S/C22H27NO2/c1-17(2)21(22(24)25-16-18-9-5-3-6-10-18)23-14-13-20(15-23)19-11-7-4-8-12-19/h3-12,17,20-21H,13-16H2,1-2H3. The molecule has 0 N–H and O–H groups in total. The van der Waals surface area contributed by atoms with E-state index >= 15 is 0 Å². The number of carbonyl (C=O) groups excluding carboxylic acids is 1. The number of rotatable bonds is 6. The quantitative estimate of drug-likeness (QED) is 0.738. The van der Waals surface area contributed by atoms with E-state index in [1.54, 1.807) is 0 Å². The summed E-state index contributed by atoms with van der Waals surface area (Å²) in [5, 5.41) is 0. The van der Waals surface area contributed by atoms with Crippen molar-refractivity contribution < 1.29 is 9.53 Å². The molecule has 1 aliphatic heterocycles. The van der Waals surface area contributed by atoms with Gasteiger partial charge >= 0.3 is 5.97 Å². The van der Waals surface area contributed by atoms with E-state index in [1.165, 1.54) is 5.56 Å². The first-order chi connectivity index (χ1) is 12.1. The second-order valence-electron chi connectivity index (χ2n) is 7.17. The summed E-state index contributed by atoms with van der Waals surface area (Å²) >= 11 is 0. The fraction of sp³-hybridized carbons (Fsp3) is 0.409. The number of esters is 1. The molecule has 3 rings (SSSR count). The maximum absolute atomic E-state index is 12.7. The van der Waals surface area contributed by atoms with Crippen molar-refractivity contribution in [1.82, 2.24) is 4.90 Å². The molecule has 2 atom stereocenters. The van der Waals surface area contributed by atoms with Gasteiger partial charge < -0.3 is 4.74 Å². The highest BCUT2D eigenvalue weighted by Gasteiger charge is 2.35. The number of hydrogen-bond donors (Lipinski definition) is 0. The smallest absolute Gasteiger partial charge is 0.323 e. The van der Waals surface area contributed by atoms with Gasteiger partial charge in [-0.2, -0.15) is 0 Å². The Morgan fingerprint density at radius 2 is 1.72 bits per heavy atom. The number of hydrogen-bond acceptors (Lipinski definition) is 3. The first-order valence-corrected chi connectivity index (χ1v) is 9.14. The van der Waals surface area contributed by atoms with E-state index in [-0.39, 0.29) is 17.9 Å². The average Bonchev–Trinajstić information content (AvgIpc) is 3.11. The second-order valence-corrected chi connectivity index (χ2v) is 7.17. The van der Waals surface area contributed by atoms with E-state index in [4.69, 9.17) is 4.74 Å². The zero-order chi connectivity index (χ0) is 17.6. The molecule has 0 amide bonds. The molecule has 2 aromatic rings.